The van der Waals surface area contributed by atoms with Crippen LogP contribution >= 0.6 is 11.6 Å². The third-order valence-electron chi connectivity index (χ3n) is 1.09. The highest BCUT2D eigenvalue weighted by atomic mass is 35.5. The van der Waals surface area contributed by atoms with E-state index in [0.29, 0.717) is 11.7 Å². The van der Waals surface area contributed by atoms with Crippen molar-refractivity contribution in [1.29, 1.82) is 0 Å². The fourth-order valence-corrected chi connectivity index (χ4v) is 0.699. The number of nitrogen functional groups attached to an aromatic ring is 1. The van der Waals surface area contributed by atoms with Crippen molar-refractivity contribution in [2.24, 2.45) is 0 Å². The Morgan fingerprint density at radius 1 is 1.80 bits per heavy atom. The Kier molecular flexibility index (Phi) is 2.34. The zero-order valence-corrected chi connectivity index (χ0v) is 6.10. The summed E-state index contributed by atoms with van der Waals surface area (Å²) < 4.78 is 0. The molecule has 3 nitrogen and oxygen atoms in total. The maximum atomic E-state index is 5.47. The molecule has 4 heteroatoms. The summed E-state index contributed by atoms with van der Waals surface area (Å²) in [5.41, 5.74) is 6.34. The molecule has 0 aliphatic heterocycles. The van der Waals surface area contributed by atoms with E-state index in [-0.39, 0.29) is 0 Å². The molecule has 0 fully saturated rings. The first-order chi connectivity index (χ1) is 4.84. The Morgan fingerprint density at radius 2 is 2.60 bits per heavy atom. The summed E-state index contributed by atoms with van der Waals surface area (Å²) in [7, 11) is 0. The quantitative estimate of drug-likeness (QED) is 0.635. The number of nitrogens with two attached hydrogens (primary N) is 1. The van der Waals surface area contributed by atoms with Crippen molar-refractivity contribution < 1.29 is 0 Å². The van der Waals surface area contributed by atoms with Crippen LogP contribution in [-0.2, 0) is 0 Å². The van der Waals surface area contributed by atoms with E-state index in [0.717, 1.165) is 5.56 Å². The molecule has 0 aliphatic rings. The van der Waals surface area contributed by atoms with Crippen molar-refractivity contribution in [3.63, 3.8) is 0 Å². The van der Waals surface area contributed by atoms with Gasteiger partial charge >= 0.3 is 0 Å². The van der Waals surface area contributed by atoms with Crippen molar-refractivity contribution in [1.82, 2.24) is 10.2 Å². The number of anilines is 1. The SMILES string of the molecule is Nc1[nH]ncc1C=CCCl. The van der Waals surface area contributed by atoms with Gasteiger partial charge in [0.1, 0.15) is 5.82 Å². The fourth-order valence-electron chi connectivity index (χ4n) is 0.610. The molecule has 1 aromatic heterocycles. The number of rotatable bonds is 2. The van der Waals surface area contributed by atoms with E-state index in [2.05, 4.69) is 10.2 Å². The molecule has 0 aliphatic carbocycles. The minimum absolute atomic E-state index is 0.491. The molecular weight excluding hydrogens is 150 g/mol. The van der Waals surface area contributed by atoms with Crippen LogP contribution < -0.4 is 5.73 Å². The number of hydrogen-bond acceptors (Lipinski definition) is 2. The summed E-state index contributed by atoms with van der Waals surface area (Å²) >= 11 is 5.41. The van der Waals surface area contributed by atoms with Gasteiger partial charge in [-0.2, -0.15) is 5.10 Å². The second-order valence-corrected chi connectivity index (χ2v) is 2.10. The molecule has 0 saturated carbocycles. The molecule has 3 N–H and O–H groups in total. The van der Waals surface area contributed by atoms with E-state index in [1.54, 1.807) is 6.20 Å². The lowest BCUT2D eigenvalue weighted by Crippen LogP contribution is -1.85. The molecule has 54 valence electrons. The van der Waals surface area contributed by atoms with Crippen molar-refractivity contribution >= 4 is 23.5 Å². The predicted molar refractivity (Wildman–Crippen MR) is 42.8 cm³/mol. The van der Waals surface area contributed by atoms with Gasteiger partial charge in [0.25, 0.3) is 0 Å². The number of nitrogens with one attached hydrogen (secondary N) is 1. The maximum absolute atomic E-state index is 5.47. The molecule has 0 bridgehead atoms. The Morgan fingerprint density at radius 3 is 3.10 bits per heavy atom. The Bertz CT molecular complexity index is 229. The summed E-state index contributed by atoms with van der Waals surface area (Å²) in [6.07, 6.45) is 5.28. The standard InChI is InChI=1S/C6H8ClN3/c7-3-1-2-5-4-9-10-6(5)8/h1-2,4H,3H2,(H3,8,9,10). The Hall–Kier alpha value is -0.960. The summed E-state index contributed by atoms with van der Waals surface area (Å²) in [4.78, 5) is 0. The van der Waals surface area contributed by atoms with Gasteiger partial charge in [0, 0.05) is 11.4 Å². The molecule has 1 rings (SSSR count). The number of hydrogen-bond donors (Lipinski definition) is 2. The first-order valence-electron chi connectivity index (χ1n) is 2.86. The average Bonchev–Trinajstić information content (AvgIpc) is 2.31. The third kappa shape index (κ3) is 1.51. The molecule has 1 aromatic rings. The van der Waals surface area contributed by atoms with Gasteiger partial charge in [0.15, 0.2) is 0 Å². The maximum Gasteiger partial charge on any atom is 0.126 e. The molecule has 0 atom stereocenters. The van der Waals surface area contributed by atoms with Gasteiger partial charge in [0.05, 0.1) is 6.20 Å². The fraction of sp³-hybridized carbons (Fsp3) is 0.167. The van der Waals surface area contributed by atoms with Gasteiger partial charge in [-0.25, -0.2) is 0 Å². The zero-order chi connectivity index (χ0) is 7.40. The van der Waals surface area contributed by atoms with Crippen molar-refractivity contribution in [3.8, 4) is 0 Å². The van der Waals surface area contributed by atoms with E-state index in [1.165, 1.54) is 0 Å². The topological polar surface area (TPSA) is 54.7 Å². The summed E-state index contributed by atoms with van der Waals surface area (Å²) in [6, 6.07) is 0. The summed E-state index contributed by atoms with van der Waals surface area (Å²) in [5.74, 6) is 1.06. The van der Waals surface area contributed by atoms with Crippen LogP contribution in [0.1, 0.15) is 5.56 Å². The van der Waals surface area contributed by atoms with Gasteiger partial charge in [-0.15, -0.1) is 11.6 Å². The van der Waals surface area contributed by atoms with Gasteiger partial charge in [-0.1, -0.05) is 12.2 Å². The molecule has 0 spiro atoms. The highest BCUT2D eigenvalue weighted by molar-refractivity contribution is 6.19. The van der Waals surface area contributed by atoms with Crippen LogP contribution in [0.2, 0.25) is 0 Å². The monoisotopic (exact) mass is 157 g/mol. The molecule has 0 radical (unpaired) electrons. The number of aromatic amines is 1. The lowest BCUT2D eigenvalue weighted by molar-refractivity contribution is 1.10. The van der Waals surface area contributed by atoms with Crippen LogP contribution in [-0.4, -0.2) is 16.1 Å². The molecule has 0 amide bonds. The highest BCUT2D eigenvalue weighted by Gasteiger charge is 1.93. The van der Waals surface area contributed by atoms with Crippen molar-refractivity contribution in [2.75, 3.05) is 11.6 Å². The molecule has 10 heavy (non-hydrogen) atoms. The summed E-state index contributed by atoms with van der Waals surface area (Å²) in [5, 5.41) is 6.34. The average molecular weight is 158 g/mol. The Balaban J connectivity index is 2.74. The van der Waals surface area contributed by atoms with Crippen LogP contribution in [0.25, 0.3) is 6.08 Å². The lowest BCUT2D eigenvalue weighted by atomic mass is 10.3. The second-order valence-electron chi connectivity index (χ2n) is 1.80. The van der Waals surface area contributed by atoms with E-state index in [9.17, 15) is 0 Å². The highest BCUT2D eigenvalue weighted by Crippen LogP contribution is 2.07. The van der Waals surface area contributed by atoms with Gasteiger partial charge in [0.2, 0.25) is 0 Å². The largest absolute Gasteiger partial charge is 0.384 e. The van der Waals surface area contributed by atoms with E-state index in [1.807, 2.05) is 12.2 Å². The van der Waals surface area contributed by atoms with Crippen molar-refractivity contribution in [3.05, 3.63) is 17.8 Å². The van der Waals surface area contributed by atoms with Crippen LogP contribution in [0.5, 0.6) is 0 Å². The molecule has 0 unspecified atom stereocenters. The van der Waals surface area contributed by atoms with E-state index >= 15 is 0 Å². The minimum Gasteiger partial charge on any atom is -0.384 e. The van der Waals surface area contributed by atoms with Crippen LogP contribution in [0.15, 0.2) is 12.3 Å². The smallest absolute Gasteiger partial charge is 0.126 e. The molecule has 0 aromatic carbocycles. The van der Waals surface area contributed by atoms with Crippen molar-refractivity contribution in [2.45, 2.75) is 0 Å². The number of halogens is 1. The van der Waals surface area contributed by atoms with Gasteiger partial charge in [-0.3, -0.25) is 5.10 Å². The van der Waals surface area contributed by atoms with E-state index < -0.39 is 0 Å². The van der Waals surface area contributed by atoms with Crippen LogP contribution in [0, 0.1) is 0 Å². The number of allylic oxidation sites excluding steroid dienone is 1. The van der Waals surface area contributed by atoms with Crippen LogP contribution in [0.4, 0.5) is 5.82 Å². The minimum atomic E-state index is 0.491. The lowest BCUT2D eigenvalue weighted by Gasteiger charge is -1.85. The van der Waals surface area contributed by atoms with Gasteiger partial charge < -0.3 is 5.73 Å². The normalized spacial score (nSPS) is 10.9. The third-order valence-corrected chi connectivity index (χ3v) is 1.26. The molecule has 1 heterocycles. The number of H-pyrrole nitrogens is 1. The first kappa shape index (κ1) is 7.15. The van der Waals surface area contributed by atoms with Gasteiger partial charge in [-0.05, 0) is 0 Å². The first-order valence-corrected chi connectivity index (χ1v) is 3.39. The Labute approximate surface area is 63.9 Å². The predicted octanol–water partition coefficient (Wildman–Crippen LogP) is 1.24. The second kappa shape index (κ2) is 3.27. The molecule has 0 saturated heterocycles. The van der Waals surface area contributed by atoms with Crippen LogP contribution in [0.3, 0.4) is 0 Å². The number of nitrogens with zero attached hydrogens (tertiary/aromatic N) is 1. The van der Waals surface area contributed by atoms with E-state index in [4.69, 9.17) is 17.3 Å². The summed E-state index contributed by atoms with van der Waals surface area (Å²) in [6.45, 7) is 0. The molecular formula is C6H8ClN3. The zero-order valence-electron chi connectivity index (χ0n) is 5.34. The number of aromatic nitrogens is 2. The number of alkyl halides is 1.